The number of hydrogen-bond acceptors (Lipinski definition) is 3. The van der Waals surface area contributed by atoms with E-state index in [2.05, 4.69) is 0 Å². The van der Waals surface area contributed by atoms with Crippen molar-refractivity contribution in [3.63, 3.8) is 0 Å². The summed E-state index contributed by atoms with van der Waals surface area (Å²) in [6, 6.07) is 4.56. The third-order valence-corrected chi connectivity index (χ3v) is 3.24. The Morgan fingerprint density at radius 2 is 2.12 bits per heavy atom. The first-order valence-electron chi connectivity index (χ1n) is 5.81. The molecular weight excluding hydrogens is 223 g/mol. The van der Waals surface area contributed by atoms with Gasteiger partial charge in [-0.1, -0.05) is 0 Å². The molecule has 94 valence electrons. The van der Waals surface area contributed by atoms with E-state index >= 15 is 0 Å². The molecule has 1 fully saturated rings. The number of hydrogen-bond donors (Lipinski definition) is 1. The van der Waals surface area contributed by atoms with E-state index in [-0.39, 0.29) is 5.92 Å². The Morgan fingerprint density at radius 1 is 1.41 bits per heavy atom. The largest absolute Gasteiger partial charge is 0.497 e. The van der Waals surface area contributed by atoms with Gasteiger partial charge in [-0.25, -0.2) is 4.39 Å². The van der Waals surface area contributed by atoms with Crippen molar-refractivity contribution in [1.29, 1.82) is 0 Å². The first kappa shape index (κ1) is 12.3. The molecule has 1 aliphatic heterocycles. The minimum atomic E-state index is -0.759. The molecule has 0 aliphatic carbocycles. The van der Waals surface area contributed by atoms with Crippen molar-refractivity contribution in [2.45, 2.75) is 18.9 Å². The third-order valence-electron chi connectivity index (χ3n) is 3.24. The Hall–Kier alpha value is -1.13. The highest BCUT2D eigenvalue weighted by Gasteiger charge is 2.25. The fourth-order valence-electron chi connectivity index (χ4n) is 2.16. The average Bonchev–Trinajstić information content (AvgIpc) is 2.39. The van der Waals surface area contributed by atoms with Gasteiger partial charge in [0.05, 0.1) is 13.2 Å². The summed E-state index contributed by atoms with van der Waals surface area (Å²) < 4.78 is 23.9. The maximum Gasteiger partial charge on any atom is 0.132 e. The van der Waals surface area contributed by atoms with E-state index < -0.39 is 11.9 Å². The second-order valence-corrected chi connectivity index (χ2v) is 4.28. The predicted octanol–water partition coefficient (Wildman–Crippen LogP) is 2.29. The normalized spacial score (nSPS) is 19.0. The Kier molecular flexibility index (Phi) is 3.97. The lowest BCUT2D eigenvalue weighted by molar-refractivity contribution is 0.00588. The molecule has 3 nitrogen and oxygen atoms in total. The lowest BCUT2D eigenvalue weighted by Gasteiger charge is -2.27. The van der Waals surface area contributed by atoms with Gasteiger partial charge < -0.3 is 14.6 Å². The Labute approximate surface area is 100 Å². The first-order valence-corrected chi connectivity index (χ1v) is 5.81. The maximum atomic E-state index is 13.8. The Bertz CT molecular complexity index is 375. The van der Waals surface area contributed by atoms with Crippen LogP contribution in [0.3, 0.4) is 0 Å². The van der Waals surface area contributed by atoms with Crippen molar-refractivity contribution >= 4 is 0 Å². The summed E-state index contributed by atoms with van der Waals surface area (Å²) in [5, 5.41) is 10.2. The first-order chi connectivity index (χ1) is 8.22. The smallest absolute Gasteiger partial charge is 0.132 e. The molecule has 0 saturated carbocycles. The average molecular weight is 240 g/mol. The van der Waals surface area contributed by atoms with Crippen molar-refractivity contribution in [3.8, 4) is 5.75 Å². The lowest BCUT2D eigenvalue weighted by Crippen LogP contribution is -2.22. The zero-order chi connectivity index (χ0) is 12.3. The lowest BCUT2D eigenvalue weighted by atomic mass is 9.89. The van der Waals surface area contributed by atoms with Gasteiger partial charge in [0.1, 0.15) is 11.6 Å². The second kappa shape index (κ2) is 5.47. The van der Waals surface area contributed by atoms with Crippen molar-refractivity contribution in [2.24, 2.45) is 5.92 Å². The fourth-order valence-corrected chi connectivity index (χ4v) is 2.16. The molecule has 4 heteroatoms. The Morgan fingerprint density at radius 3 is 2.71 bits per heavy atom. The van der Waals surface area contributed by atoms with E-state index in [9.17, 15) is 9.50 Å². The number of rotatable bonds is 3. The van der Waals surface area contributed by atoms with Crippen LogP contribution in [0.4, 0.5) is 4.39 Å². The van der Waals surface area contributed by atoms with Crippen LogP contribution in [0, 0.1) is 11.7 Å². The van der Waals surface area contributed by atoms with Crippen molar-refractivity contribution in [1.82, 2.24) is 0 Å². The molecule has 0 amide bonds. The van der Waals surface area contributed by atoms with Crippen LogP contribution >= 0.6 is 0 Å². The molecule has 1 aromatic rings. The summed E-state index contributed by atoms with van der Waals surface area (Å²) >= 11 is 0. The zero-order valence-electron chi connectivity index (χ0n) is 9.86. The van der Waals surface area contributed by atoms with E-state index in [1.54, 1.807) is 12.1 Å². The number of aliphatic hydroxyl groups is 1. The third kappa shape index (κ3) is 2.76. The minimum Gasteiger partial charge on any atom is -0.497 e. The van der Waals surface area contributed by atoms with Crippen LogP contribution in [0.15, 0.2) is 18.2 Å². The monoisotopic (exact) mass is 240 g/mol. The molecule has 1 atom stereocenters. The predicted molar refractivity (Wildman–Crippen MR) is 61.5 cm³/mol. The quantitative estimate of drug-likeness (QED) is 0.881. The standard InChI is InChI=1S/C13H17FO3/c1-16-10-2-3-11(12(14)8-10)13(15)9-4-6-17-7-5-9/h2-3,8-9,13,15H,4-7H2,1H3. The van der Waals surface area contributed by atoms with Crippen molar-refractivity contribution < 1.29 is 19.0 Å². The van der Waals surface area contributed by atoms with Crippen LogP contribution in [0.1, 0.15) is 24.5 Å². The molecule has 1 aliphatic rings. The maximum absolute atomic E-state index is 13.8. The van der Waals surface area contributed by atoms with Crippen LogP contribution in [0.25, 0.3) is 0 Å². The van der Waals surface area contributed by atoms with Crippen LogP contribution in [0.2, 0.25) is 0 Å². The number of methoxy groups -OCH3 is 1. The van der Waals surface area contributed by atoms with E-state index in [1.807, 2.05) is 0 Å². The summed E-state index contributed by atoms with van der Waals surface area (Å²) in [5.74, 6) is 0.125. The van der Waals surface area contributed by atoms with Gasteiger partial charge in [-0.3, -0.25) is 0 Å². The molecule has 1 aromatic carbocycles. The van der Waals surface area contributed by atoms with Gasteiger partial charge in [0.25, 0.3) is 0 Å². The van der Waals surface area contributed by atoms with Crippen LogP contribution in [0.5, 0.6) is 5.75 Å². The van der Waals surface area contributed by atoms with Crippen LogP contribution in [-0.4, -0.2) is 25.4 Å². The molecule has 1 saturated heterocycles. The van der Waals surface area contributed by atoms with Crippen LogP contribution in [-0.2, 0) is 4.74 Å². The van der Waals surface area contributed by atoms with Crippen molar-refractivity contribution in [2.75, 3.05) is 20.3 Å². The van der Waals surface area contributed by atoms with Gasteiger partial charge in [-0.05, 0) is 30.9 Å². The van der Waals surface area contributed by atoms with Gasteiger partial charge in [0.2, 0.25) is 0 Å². The molecule has 1 heterocycles. The molecule has 17 heavy (non-hydrogen) atoms. The highest BCUT2D eigenvalue weighted by atomic mass is 19.1. The van der Waals surface area contributed by atoms with Gasteiger partial charge in [0.15, 0.2) is 0 Å². The highest BCUT2D eigenvalue weighted by Crippen LogP contribution is 2.32. The molecule has 0 bridgehead atoms. The van der Waals surface area contributed by atoms with Gasteiger partial charge in [0, 0.05) is 24.8 Å². The number of aliphatic hydroxyl groups excluding tert-OH is 1. The van der Waals surface area contributed by atoms with Gasteiger partial charge in [-0.2, -0.15) is 0 Å². The van der Waals surface area contributed by atoms with Gasteiger partial charge in [-0.15, -0.1) is 0 Å². The highest BCUT2D eigenvalue weighted by molar-refractivity contribution is 5.30. The molecule has 2 rings (SSSR count). The molecule has 1 unspecified atom stereocenters. The van der Waals surface area contributed by atoms with E-state index in [1.165, 1.54) is 13.2 Å². The van der Waals surface area contributed by atoms with Crippen molar-refractivity contribution in [3.05, 3.63) is 29.6 Å². The topological polar surface area (TPSA) is 38.7 Å². The number of benzene rings is 1. The summed E-state index contributed by atoms with van der Waals surface area (Å²) in [5.41, 5.74) is 0.345. The summed E-state index contributed by atoms with van der Waals surface area (Å²) in [6.07, 6.45) is 0.782. The van der Waals surface area contributed by atoms with E-state index in [0.717, 1.165) is 12.8 Å². The fraction of sp³-hybridized carbons (Fsp3) is 0.538. The molecular formula is C13H17FO3. The second-order valence-electron chi connectivity index (χ2n) is 4.28. The van der Waals surface area contributed by atoms with Gasteiger partial charge >= 0.3 is 0 Å². The van der Waals surface area contributed by atoms with E-state index in [0.29, 0.717) is 24.5 Å². The SMILES string of the molecule is COc1ccc(C(O)C2CCOCC2)c(F)c1. The van der Waals surface area contributed by atoms with Crippen LogP contribution < -0.4 is 4.74 Å². The molecule has 0 aromatic heterocycles. The molecule has 1 N–H and O–H groups in total. The summed E-state index contributed by atoms with van der Waals surface area (Å²) in [4.78, 5) is 0. The number of halogens is 1. The minimum absolute atomic E-state index is 0.0756. The zero-order valence-corrected chi connectivity index (χ0v) is 9.86. The molecule has 0 spiro atoms. The summed E-state index contributed by atoms with van der Waals surface area (Å²) in [7, 11) is 1.49. The summed E-state index contributed by atoms with van der Waals surface area (Å²) in [6.45, 7) is 1.28. The van der Waals surface area contributed by atoms with E-state index in [4.69, 9.17) is 9.47 Å². The molecule has 0 radical (unpaired) electrons. The number of ether oxygens (including phenoxy) is 2. The Balaban J connectivity index is 2.15.